The van der Waals surface area contributed by atoms with Gasteiger partial charge >= 0.3 is 0 Å². The van der Waals surface area contributed by atoms with Crippen LogP contribution in [0.5, 0.6) is 0 Å². The molecule has 8 heteroatoms. The highest BCUT2D eigenvalue weighted by molar-refractivity contribution is 6.21. The number of carbonyl (C=O) groups is 4. The highest BCUT2D eigenvalue weighted by Gasteiger charge is 2.35. The van der Waals surface area contributed by atoms with Crippen LogP contribution in [-0.4, -0.2) is 52.6 Å². The summed E-state index contributed by atoms with van der Waals surface area (Å²) in [5.74, 6) is -1.63. The second kappa shape index (κ2) is 10.8. The molecule has 1 atom stereocenters. The molecule has 2 aromatic rings. The molecule has 2 aromatic carbocycles. The van der Waals surface area contributed by atoms with Crippen LogP contribution in [0.2, 0.25) is 0 Å². The van der Waals surface area contributed by atoms with Gasteiger partial charge in [0.15, 0.2) is 0 Å². The quantitative estimate of drug-likeness (QED) is 0.560. The fourth-order valence-electron chi connectivity index (χ4n) is 3.97. The molecule has 1 N–H and O–H groups in total. The Hall–Kier alpha value is -3.55. The molecule has 4 amide bonds. The van der Waals surface area contributed by atoms with Crippen molar-refractivity contribution in [3.63, 3.8) is 0 Å². The van der Waals surface area contributed by atoms with Crippen molar-refractivity contribution < 1.29 is 23.6 Å². The van der Waals surface area contributed by atoms with Crippen LogP contribution in [0.1, 0.15) is 59.4 Å². The number of halogens is 1. The number of nitrogens with zero attached hydrogens (tertiary/aromatic N) is 2. The van der Waals surface area contributed by atoms with Gasteiger partial charge in [0.05, 0.1) is 11.1 Å². The van der Waals surface area contributed by atoms with E-state index in [-0.39, 0.29) is 55.4 Å². The van der Waals surface area contributed by atoms with Gasteiger partial charge in [0.2, 0.25) is 11.8 Å². The van der Waals surface area contributed by atoms with Gasteiger partial charge in [-0.1, -0.05) is 31.2 Å². The maximum atomic E-state index is 13.3. The number of carbonyl (C=O) groups excluding carboxylic acids is 4. The van der Waals surface area contributed by atoms with Gasteiger partial charge in [0, 0.05) is 26.1 Å². The van der Waals surface area contributed by atoms with Gasteiger partial charge < -0.3 is 10.2 Å². The Bertz CT molecular complexity index is 1000. The first-order valence-corrected chi connectivity index (χ1v) is 11.1. The number of rotatable bonds is 10. The van der Waals surface area contributed by atoms with Crippen LogP contribution < -0.4 is 5.32 Å². The van der Waals surface area contributed by atoms with Crippen molar-refractivity contribution in [2.75, 3.05) is 13.1 Å². The van der Waals surface area contributed by atoms with Crippen molar-refractivity contribution in [1.29, 1.82) is 0 Å². The maximum absolute atomic E-state index is 13.3. The first-order valence-electron chi connectivity index (χ1n) is 11.1. The third-order valence-corrected chi connectivity index (χ3v) is 5.65. The molecule has 0 unspecified atom stereocenters. The lowest BCUT2D eigenvalue weighted by Crippen LogP contribution is -2.49. The third-order valence-electron chi connectivity index (χ3n) is 5.65. The van der Waals surface area contributed by atoms with E-state index in [1.807, 2.05) is 6.92 Å². The molecule has 7 nitrogen and oxygen atoms in total. The lowest BCUT2D eigenvalue weighted by molar-refractivity contribution is -0.141. The lowest BCUT2D eigenvalue weighted by Gasteiger charge is -2.30. The monoisotopic (exact) mass is 453 g/mol. The molecule has 0 bridgehead atoms. The summed E-state index contributed by atoms with van der Waals surface area (Å²) in [6.07, 6.45) is 0.748. The van der Waals surface area contributed by atoms with Crippen molar-refractivity contribution in [2.24, 2.45) is 0 Å². The molecule has 0 spiro atoms. The molecule has 0 aromatic heterocycles. The molecule has 0 radical (unpaired) electrons. The average molecular weight is 454 g/mol. The minimum Gasteiger partial charge on any atom is -0.355 e. The summed E-state index contributed by atoms with van der Waals surface area (Å²) in [6, 6.07) is 11.7. The highest BCUT2D eigenvalue weighted by Crippen LogP contribution is 2.23. The lowest BCUT2D eigenvalue weighted by atomic mass is 10.1. The third kappa shape index (κ3) is 5.45. The second-order valence-electron chi connectivity index (χ2n) is 7.88. The van der Waals surface area contributed by atoms with Crippen LogP contribution in [0.15, 0.2) is 48.5 Å². The van der Waals surface area contributed by atoms with E-state index >= 15 is 0 Å². The molecular formula is C25H28FN3O4. The fraction of sp³-hybridized carbons (Fsp3) is 0.360. The number of fused-ring (bicyclic) bond motifs is 1. The predicted molar refractivity (Wildman–Crippen MR) is 121 cm³/mol. The van der Waals surface area contributed by atoms with Crippen LogP contribution >= 0.6 is 0 Å². The molecule has 0 saturated carbocycles. The highest BCUT2D eigenvalue weighted by atomic mass is 19.1. The van der Waals surface area contributed by atoms with E-state index in [1.54, 1.807) is 43.3 Å². The van der Waals surface area contributed by atoms with Gasteiger partial charge in [-0.15, -0.1) is 0 Å². The number of hydrogen-bond donors (Lipinski definition) is 1. The Labute approximate surface area is 192 Å². The minimum atomic E-state index is -0.679. The van der Waals surface area contributed by atoms with Gasteiger partial charge in [-0.2, -0.15) is 0 Å². The first kappa shape index (κ1) is 24.1. The SMILES string of the molecule is CCNC(=O)[C@@H](CC)N(Cc1ccc(F)cc1)C(=O)CCCN1C(=O)c2ccccc2C1=O. The van der Waals surface area contributed by atoms with E-state index in [2.05, 4.69) is 5.32 Å². The predicted octanol–water partition coefficient (Wildman–Crippen LogP) is 3.15. The van der Waals surface area contributed by atoms with Crippen molar-refractivity contribution in [2.45, 2.75) is 45.7 Å². The fourth-order valence-corrected chi connectivity index (χ4v) is 3.97. The molecule has 0 saturated heterocycles. The standard InChI is InChI=1S/C25H28FN3O4/c1-3-21(23(31)27-4-2)29(16-17-11-13-18(26)14-12-17)22(30)10-7-15-28-24(32)19-8-5-6-9-20(19)25(28)33/h5-6,8-9,11-14,21H,3-4,7,10,15-16H2,1-2H3,(H,27,31)/t21-/m1/s1. The normalized spacial score (nSPS) is 13.6. The van der Waals surface area contributed by atoms with Crippen LogP contribution in [0, 0.1) is 5.82 Å². The number of nitrogens with one attached hydrogen (secondary N) is 1. The smallest absolute Gasteiger partial charge is 0.261 e. The molecule has 33 heavy (non-hydrogen) atoms. The first-order chi connectivity index (χ1) is 15.9. The molecule has 0 fully saturated rings. The topological polar surface area (TPSA) is 86.8 Å². The maximum Gasteiger partial charge on any atom is 0.261 e. The molecule has 1 aliphatic rings. The van der Waals surface area contributed by atoms with Gasteiger partial charge in [0.1, 0.15) is 11.9 Å². The summed E-state index contributed by atoms with van der Waals surface area (Å²) in [5.41, 5.74) is 1.44. The van der Waals surface area contributed by atoms with Crippen LogP contribution in [0.25, 0.3) is 0 Å². The van der Waals surface area contributed by atoms with E-state index in [0.29, 0.717) is 29.7 Å². The molecule has 1 heterocycles. The van der Waals surface area contributed by atoms with Crippen molar-refractivity contribution >= 4 is 23.6 Å². The summed E-state index contributed by atoms with van der Waals surface area (Å²) in [6.45, 7) is 4.33. The number of hydrogen-bond acceptors (Lipinski definition) is 4. The Kier molecular flexibility index (Phi) is 7.92. The molecule has 1 aliphatic heterocycles. The van der Waals surface area contributed by atoms with Crippen molar-refractivity contribution in [3.05, 3.63) is 71.0 Å². The average Bonchev–Trinajstić information content (AvgIpc) is 3.05. The van der Waals surface area contributed by atoms with Crippen molar-refractivity contribution in [1.82, 2.24) is 15.1 Å². The van der Waals surface area contributed by atoms with Gasteiger partial charge in [0.25, 0.3) is 11.8 Å². The van der Waals surface area contributed by atoms with Gasteiger partial charge in [-0.3, -0.25) is 24.1 Å². The van der Waals surface area contributed by atoms with Crippen LogP contribution in [0.3, 0.4) is 0 Å². The Balaban J connectivity index is 1.69. The largest absolute Gasteiger partial charge is 0.355 e. The van der Waals surface area contributed by atoms with E-state index in [0.717, 1.165) is 4.90 Å². The van der Waals surface area contributed by atoms with Crippen LogP contribution in [0.4, 0.5) is 4.39 Å². The summed E-state index contributed by atoms with van der Waals surface area (Å²) < 4.78 is 13.3. The van der Waals surface area contributed by atoms with Crippen LogP contribution in [-0.2, 0) is 16.1 Å². The minimum absolute atomic E-state index is 0.0600. The Morgan fingerprint density at radius 2 is 1.61 bits per heavy atom. The zero-order valence-electron chi connectivity index (χ0n) is 18.8. The number of amides is 4. The molecule has 174 valence electrons. The summed E-state index contributed by atoms with van der Waals surface area (Å²) in [7, 11) is 0. The molecule has 0 aliphatic carbocycles. The summed E-state index contributed by atoms with van der Waals surface area (Å²) in [4.78, 5) is 53.5. The van der Waals surface area contributed by atoms with E-state index < -0.39 is 6.04 Å². The number of benzene rings is 2. The second-order valence-corrected chi connectivity index (χ2v) is 7.88. The van der Waals surface area contributed by atoms with E-state index in [1.165, 1.54) is 17.0 Å². The van der Waals surface area contributed by atoms with E-state index in [9.17, 15) is 23.6 Å². The van der Waals surface area contributed by atoms with Gasteiger partial charge in [-0.25, -0.2) is 4.39 Å². The molecule has 3 rings (SSSR count). The van der Waals surface area contributed by atoms with E-state index in [4.69, 9.17) is 0 Å². The summed E-state index contributed by atoms with van der Waals surface area (Å²) >= 11 is 0. The Morgan fingerprint density at radius 3 is 2.15 bits per heavy atom. The summed E-state index contributed by atoms with van der Waals surface area (Å²) in [5, 5.41) is 2.76. The Morgan fingerprint density at radius 1 is 1.00 bits per heavy atom. The zero-order valence-corrected chi connectivity index (χ0v) is 18.8. The number of imide groups is 1. The zero-order chi connectivity index (χ0) is 24.0. The van der Waals surface area contributed by atoms with Gasteiger partial charge in [-0.05, 0) is 49.6 Å². The van der Waals surface area contributed by atoms with Crippen molar-refractivity contribution in [3.8, 4) is 0 Å². The molecular weight excluding hydrogens is 425 g/mol. The number of likely N-dealkylation sites (N-methyl/N-ethyl adjacent to an activating group) is 1.